The van der Waals surface area contributed by atoms with Crippen molar-refractivity contribution in [1.29, 1.82) is 0 Å². The monoisotopic (exact) mass is 248 g/mol. The number of rotatable bonds is 2. The molecule has 1 aliphatic rings. The van der Waals surface area contributed by atoms with Crippen molar-refractivity contribution < 1.29 is 9.90 Å². The minimum Gasteiger partial charge on any atom is -0.465 e. The summed E-state index contributed by atoms with van der Waals surface area (Å²) in [5.41, 5.74) is 2.58. The highest BCUT2D eigenvalue weighted by Crippen LogP contribution is 2.33. The van der Waals surface area contributed by atoms with Gasteiger partial charge in [0.15, 0.2) is 0 Å². The van der Waals surface area contributed by atoms with E-state index in [4.69, 9.17) is 5.11 Å². The fourth-order valence-electron chi connectivity index (χ4n) is 2.62. The number of nitrogens with zero attached hydrogens (tertiary/aromatic N) is 2. The standard InChI is InChI=1S/C14H20N2O2/c1-15(2)13-6-4-3-5-12(13)11-7-9-16(10-8-11)14(17)18/h3-6,11H,7-10H2,1-2H3,(H,17,18). The second kappa shape index (κ2) is 5.29. The summed E-state index contributed by atoms with van der Waals surface area (Å²) in [6.45, 7) is 1.28. The molecule has 1 heterocycles. The van der Waals surface area contributed by atoms with E-state index in [0.29, 0.717) is 19.0 Å². The molecule has 0 saturated carbocycles. The maximum absolute atomic E-state index is 10.9. The zero-order chi connectivity index (χ0) is 13.1. The van der Waals surface area contributed by atoms with E-state index < -0.39 is 6.09 Å². The largest absolute Gasteiger partial charge is 0.465 e. The number of carboxylic acid groups (broad SMARTS) is 1. The Bertz CT molecular complexity index is 424. The number of carbonyl (C=O) groups is 1. The number of hydrogen-bond acceptors (Lipinski definition) is 2. The first-order chi connectivity index (χ1) is 8.59. The van der Waals surface area contributed by atoms with Crippen molar-refractivity contribution in [3.63, 3.8) is 0 Å². The van der Waals surface area contributed by atoms with Crippen LogP contribution in [-0.2, 0) is 0 Å². The van der Waals surface area contributed by atoms with Crippen molar-refractivity contribution in [3.8, 4) is 0 Å². The van der Waals surface area contributed by atoms with E-state index in [1.165, 1.54) is 16.2 Å². The van der Waals surface area contributed by atoms with Gasteiger partial charge in [0.2, 0.25) is 0 Å². The van der Waals surface area contributed by atoms with Gasteiger partial charge in [0.1, 0.15) is 0 Å². The molecule has 0 bridgehead atoms. The normalized spacial score (nSPS) is 16.7. The first kappa shape index (κ1) is 12.7. The van der Waals surface area contributed by atoms with E-state index in [2.05, 4.69) is 23.1 Å². The number of likely N-dealkylation sites (tertiary alicyclic amines) is 1. The minimum absolute atomic E-state index is 0.471. The summed E-state index contributed by atoms with van der Waals surface area (Å²) >= 11 is 0. The highest BCUT2D eigenvalue weighted by molar-refractivity contribution is 5.65. The minimum atomic E-state index is -0.797. The van der Waals surface area contributed by atoms with Crippen molar-refractivity contribution >= 4 is 11.8 Å². The maximum atomic E-state index is 10.9. The van der Waals surface area contributed by atoms with Crippen LogP contribution in [-0.4, -0.2) is 43.3 Å². The summed E-state index contributed by atoms with van der Waals surface area (Å²) in [5.74, 6) is 0.471. The Kier molecular flexibility index (Phi) is 3.75. The first-order valence-corrected chi connectivity index (χ1v) is 6.33. The van der Waals surface area contributed by atoms with E-state index in [0.717, 1.165) is 12.8 Å². The summed E-state index contributed by atoms with van der Waals surface area (Å²) < 4.78 is 0. The Balaban J connectivity index is 2.12. The van der Waals surface area contributed by atoms with Crippen molar-refractivity contribution in [2.45, 2.75) is 18.8 Å². The van der Waals surface area contributed by atoms with Gasteiger partial charge in [-0.15, -0.1) is 0 Å². The number of piperidine rings is 1. The molecule has 1 saturated heterocycles. The predicted molar refractivity (Wildman–Crippen MR) is 72.3 cm³/mol. The molecule has 0 aliphatic carbocycles. The Hall–Kier alpha value is -1.71. The topological polar surface area (TPSA) is 43.8 Å². The lowest BCUT2D eigenvalue weighted by Gasteiger charge is -2.32. The Labute approximate surface area is 108 Å². The smallest absolute Gasteiger partial charge is 0.407 e. The summed E-state index contributed by atoms with van der Waals surface area (Å²) in [4.78, 5) is 14.5. The van der Waals surface area contributed by atoms with Crippen LogP contribution in [0.5, 0.6) is 0 Å². The van der Waals surface area contributed by atoms with Crippen LogP contribution in [0.15, 0.2) is 24.3 Å². The molecule has 0 aromatic heterocycles. The average Bonchev–Trinajstić information content (AvgIpc) is 2.39. The van der Waals surface area contributed by atoms with Gasteiger partial charge < -0.3 is 14.9 Å². The molecular formula is C14H20N2O2. The molecule has 0 spiro atoms. The molecule has 18 heavy (non-hydrogen) atoms. The van der Waals surface area contributed by atoms with E-state index >= 15 is 0 Å². The Morgan fingerprint density at radius 3 is 2.44 bits per heavy atom. The third-order valence-electron chi connectivity index (χ3n) is 3.62. The molecule has 2 rings (SSSR count). The predicted octanol–water partition coefficient (Wildman–Crippen LogP) is 2.61. The van der Waals surface area contributed by atoms with Gasteiger partial charge in [-0.25, -0.2) is 4.79 Å². The van der Waals surface area contributed by atoms with Crippen LogP contribution in [0.25, 0.3) is 0 Å². The molecule has 0 unspecified atom stereocenters. The van der Waals surface area contributed by atoms with Crippen molar-refractivity contribution in [2.75, 3.05) is 32.1 Å². The van der Waals surface area contributed by atoms with E-state index in [-0.39, 0.29) is 0 Å². The molecule has 0 atom stereocenters. The van der Waals surface area contributed by atoms with Gasteiger partial charge in [-0.1, -0.05) is 18.2 Å². The highest BCUT2D eigenvalue weighted by Gasteiger charge is 2.24. The number of anilines is 1. The van der Waals surface area contributed by atoms with Crippen LogP contribution in [0, 0.1) is 0 Å². The molecular weight excluding hydrogens is 228 g/mol. The molecule has 1 aliphatic heterocycles. The molecule has 0 radical (unpaired) electrons. The van der Waals surface area contributed by atoms with Crippen LogP contribution >= 0.6 is 0 Å². The molecule has 4 heteroatoms. The molecule has 1 amide bonds. The maximum Gasteiger partial charge on any atom is 0.407 e. The summed E-state index contributed by atoms with van der Waals surface area (Å²) in [6, 6.07) is 8.40. The quantitative estimate of drug-likeness (QED) is 0.875. The van der Waals surface area contributed by atoms with Crippen LogP contribution < -0.4 is 4.90 Å². The zero-order valence-electron chi connectivity index (χ0n) is 11.0. The van der Waals surface area contributed by atoms with Gasteiger partial charge in [-0.2, -0.15) is 0 Å². The number of para-hydroxylation sites is 1. The molecule has 1 aromatic carbocycles. The van der Waals surface area contributed by atoms with E-state index in [9.17, 15) is 4.79 Å². The molecule has 1 aromatic rings. The number of hydrogen-bond donors (Lipinski definition) is 1. The van der Waals surface area contributed by atoms with Crippen LogP contribution in [0.4, 0.5) is 10.5 Å². The fraction of sp³-hybridized carbons (Fsp3) is 0.500. The molecule has 1 N–H and O–H groups in total. The van der Waals surface area contributed by atoms with Crippen molar-refractivity contribution in [2.24, 2.45) is 0 Å². The Morgan fingerprint density at radius 2 is 1.89 bits per heavy atom. The summed E-state index contributed by atoms with van der Waals surface area (Å²) in [6.07, 6.45) is 1.03. The fourth-order valence-corrected chi connectivity index (χ4v) is 2.62. The van der Waals surface area contributed by atoms with Gasteiger partial charge >= 0.3 is 6.09 Å². The van der Waals surface area contributed by atoms with Crippen LogP contribution in [0.1, 0.15) is 24.3 Å². The Morgan fingerprint density at radius 1 is 1.28 bits per heavy atom. The third kappa shape index (κ3) is 2.58. The van der Waals surface area contributed by atoms with Crippen LogP contribution in [0.3, 0.4) is 0 Å². The van der Waals surface area contributed by atoms with Gasteiger partial charge in [0, 0.05) is 32.9 Å². The van der Waals surface area contributed by atoms with Crippen molar-refractivity contribution in [3.05, 3.63) is 29.8 Å². The van der Waals surface area contributed by atoms with Crippen LogP contribution in [0.2, 0.25) is 0 Å². The van der Waals surface area contributed by atoms with Gasteiger partial charge in [0.05, 0.1) is 0 Å². The van der Waals surface area contributed by atoms with Gasteiger partial charge in [-0.3, -0.25) is 0 Å². The lowest BCUT2D eigenvalue weighted by Crippen LogP contribution is -2.37. The summed E-state index contributed by atoms with van der Waals surface area (Å²) in [7, 11) is 4.09. The van der Waals surface area contributed by atoms with Gasteiger partial charge in [0.25, 0.3) is 0 Å². The zero-order valence-corrected chi connectivity index (χ0v) is 11.0. The summed E-state index contributed by atoms with van der Waals surface area (Å²) in [5, 5.41) is 8.96. The lowest BCUT2D eigenvalue weighted by atomic mass is 9.88. The molecule has 1 fully saturated rings. The molecule has 4 nitrogen and oxygen atoms in total. The number of amides is 1. The number of benzene rings is 1. The second-order valence-corrected chi connectivity index (χ2v) is 5.00. The van der Waals surface area contributed by atoms with E-state index in [1.54, 1.807) is 0 Å². The first-order valence-electron chi connectivity index (χ1n) is 6.33. The average molecular weight is 248 g/mol. The lowest BCUT2D eigenvalue weighted by molar-refractivity contribution is 0.132. The third-order valence-corrected chi connectivity index (χ3v) is 3.62. The van der Waals surface area contributed by atoms with E-state index in [1.807, 2.05) is 20.2 Å². The van der Waals surface area contributed by atoms with Gasteiger partial charge in [-0.05, 0) is 30.4 Å². The molecule has 98 valence electrons. The highest BCUT2D eigenvalue weighted by atomic mass is 16.4. The second-order valence-electron chi connectivity index (χ2n) is 5.00. The van der Waals surface area contributed by atoms with Crippen molar-refractivity contribution in [1.82, 2.24) is 4.90 Å². The SMILES string of the molecule is CN(C)c1ccccc1C1CCN(C(=O)O)CC1.